The summed E-state index contributed by atoms with van der Waals surface area (Å²) in [5, 5.41) is 2.22. The van der Waals surface area contributed by atoms with Gasteiger partial charge in [0.2, 0.25) is 5.89 Å². The van der Waals surface area contributed by atoms with Gasteiger partial charge in [-0.05, 0) is 61.0 Å². The van der Waals surface area contributed by atoms with Gasteiger partial charge in [0.25, 0.3) is 0 Å². The first kappa shape index (κ1) is 27.1. The predicted molar refractivity (Wildman–Crippen MR) is 148 cm³/mol. The van der Waals surface area contributed by atoms with Gasteiger partial charge < -0.3 is 18.8 Å². The second-order valence-electron chi connectivity index (χ2n) is 8.33. The molecule has 1 aliphatic rings. The Balaban J connectivity index is 0.00000171. The Morgan fingerprint density at radius 2 is 1.77 bits per heavy atom. The molecule has 0 radical (unpaired) electrons. The van der Waals surface area contributed by atoms with Gasteiger partial charge in [0, 0.05) is 50.0 Å². The van der Waals surface area contributed by atoms with Crippen LogP contribution in [0.1, 0.15) is 13.8 Å². The van der Waals surface area contributed by atoms with Crippen LogP contribution in [-0.2, 0) is 4.74 Å². The Kier molecular flexibility index (Phi) is 9.63. The van der Waals surface area contributed by atoms with E-state index >= 15 is 0 Å². The molecule has 6 nitrogen and oxygen atoms in total. The lowest BCUT2D eigenvalue weighted by molar-refractivity contribution is 0.0322. The van der Waals surface area contributed by atoms with Crippen LogP contribution in [-0.4, -0.2) is 62.4 Å². The van der Waals surface area contributed by atoms with Crippen molar-refractivity contribution in [2.45, 2.75) is 13.8 Å². The molecule has 1 saturated heterocycles. The minimum Gasteiger partial charge on any atom is -0.492 e. The van der Waals surface area contributed by atoms with E-state index in [1.807, 2.05) is 18.2 Å². The summed E-state index contributed by atoms with van der Waals surface area (Å²) in [4.78, 5) is 9.46. The number of hydrogen-bond acceptors (Lipinski definition) is 6. The lowest BCUT2D eigenvalue weighted by atomic mass is 10.0. The fourth-order valence-corrected chi connectivity index (χ4v) is 4.47. The van der Waals surface area contributed by atoms with Crippen LogP contribution in [0.2, 0.25) is 0 Å². The number of benzene rings is 3. The SMILES string of the molecule is CCN(CC)c1ccc2nc(-c3cccc4cc(OCCN5CCOCC5)ccc34)oc2c1.Cl.Cl. The first-order chi connectivity index (χ1) is 16.2. The summed E-state index contributed by atoms with van der Waals surface area (Å²) >= 11 is 0. The molecule has 0 spiro atoms. The zero-order valence-corrected chi connectivity index (χ0v) is 21.9. The summed E-state index contributed by atoms with van der Waals surface area (Å²) in [7, 11) is 0. The van der Waals surface area contributed by atoms with E-state index < -0.39 is 0 Å². The second kappa shape index (κ2) is 12.5. The molecule has 1 fully saturated rings. The van der Waals surface area contributed by atoms with Gasteiger partial charge in [0.1, 0.15) is 17.9 Å². The fourth-order valence-electron chi connectivity index (χ4n) is 4.47. The number of nitrogens with zero attached hydrogens (tertiary/aromatic N) is 3. The van der Waals surface area contributed by atoms with Gasteiger partial charge in [-0.1, -0.05) is 12.1 Å². The molecule has 0 unspecified atom stereocenters. The van der Waals surface area contributed by atoms with Crippen molar-refractivity contribution in [3.05, 3.63) is 54.6 Å². The number of halogens is 2. The van der Waals surface area contributed by atoms with Crippen LogP contribution in [0.15, 0.2) is 59.0 Å². The topological polar surface area (TPSA) is 51.0 Å². The van der Waals surface area contributed by atoms with E-state index in [0.29, 0.717) is 12.5 Å². The van der Waals surface area contributed by atoms with Crippen LogP contribution < -0.4 is 9.64 Å². The Hall–Kier alpha value is -2.51. The highest BCUT2D eigenvalue weighted by Gasteiger charge is 2.14. The van der Waals surface area contributed by atoms with Crippen LogP contribution in [0.25, 0.3) is 33.3 Å². The molecule has 0 N–H and O–H groups in total. The zero-order chi connectivity index (χ0) is 22.6. The van der Waals surface area contributed by atoms with E-state index in [1.165, 1.54) is 0 Å². The van der Waals surface area contributed by atoms with Gasteiger partial charge >= 0.3 is 0 Å². The molecule has 35 heavy (non-hydrogen) atoms. The maximum atomic E-state index is 6.22. The van der Waals surface area contributed by atoms with Crippen molar-refractivity contribution >= 4 is 52.4 Å². The highest BCUT2D eigenvalue weighted by molar-refractivity contribution is 5.96. The van der Waals surface area contributed by atoms with E-state index in [4.69, 9.17) is 18.9 Å². The molecule has 5 rings (SSSR count). The maximum Gasteiger partial charge on any atom is 0.227 e. The van der Waals surface area contributed by atoms with Gasteiger partial charge in [-0.2, -0.15) is 0 Å². The Morgan fingerprint density at radius 1 is 0.971 bits per heavy atom. The Morgan fingerprint density at radius 3 is 2.54 bits per heavy atom. The highest BCUT2D eigenvalue weighted by Crippen LogP contribution is 2.33. The van der Waals surface area contributed by atoms with Crippen molar-refractivity contribution < 1.29 is 13.9 Å². The number of fused-ring (bicyclic) bond motifs is 2. The first-order valence-electron chi connectivity index (χ1n) is 11.9. The third-order valence-electron chi connectivity index (χ3n) is 6.36. The van der Waals surface area contributed by atoms with Gasteiger partial charge in [-0.15, -0.1) is 24.8 Å². The molecule has 2 heterocycles. The predicted octanol–water partition coefficient (Wildman–Crippen LogP) is 6.05. The van der Waals surface area contributed by atoms with Crippen molar-refractivity contribution in [1.29, 1.82) is 0 Å². The van der Waals surface area contributed by atoms with E-state index in [2.05, 4.69) is 60.0 Å². The number of anilines is 1. The van der Waals surface area contributed by atoms with Crippen molar-refractivity contribution in [2.75, 3.05) is 57.4 Å². The van der Waals surface area contributed by atoms with Crippen molar-refractivity contribution in [2.24, 2.45) is 0 Å². The van der Waals surface area contributed by atoms with Crippen LogP contribution in [0.4, 0.5) is 5.69 Å². The van der Waals surface area contributed by atoms with Gasteiger partial charge in [-0.25, -0.2) is 4.98 Å². The van der Waals surface area contributed by atoms with Crippen molar-refractivity contribution in [3.8, 4) is 17.2 Å². The molecule has 0 atom stereocenters. The van der Waals surface area contributed by atoms with Gasteiger partial charge in [0.05, 0.1) is 13.2 Å². The molecular formula is C27H33Cl2N3O3. The van der Waals surface area contributed by atoms with Gasteiger partial charge in [-0.3, -0.25) is 4.90 Å². The number of rotatable bonds is 8. The third-order valence-corrected chi connectivity index (χ3v) is 6.36. The molecular weight excluding hydrogens is 485 g/mol. The number of oxazole rings is 1. The smallest absolute Gasteiger partial charge is 0.227 e. The average Bonchev–Trinajstić information content (AvgIpc) is 3.28. The maximum absolute atomic E-state index is 6.22. The molecule has 4 aromatic rings. The lowest BCUT2D eigenvalue weighted by Crippen LogP contribution is -2.38. The fraction of sp³-hybridized carbons (Fsp3) is 0.370. The molecule has 1 aromatic heterocycles. The number of morpholine rings is 1. The molecule has 188 valence electrons. The van der Waals surface area contributed by atoms with E-state index in [9.17, 15) is 0 Å². The molecule has 0 bridgehead atoms. The molecule has 1 aliphatic heterocycles. The molecule has 8 heteroatoms. The molecule has 3 aromatic carbocycles. The van der Waals surface area contributed by atoms with Crippen LogP contribution >= 0.6 is 24.8 Å². The summed E-state index contributed by atoms with van der Waals surface area (Å²) in [5.74, 6) is 1.53. The normalized spacial score (nSPS) is 13.9. The third kappa shape index (κ3) is 6.01. The van der Waals surface area contributed by atoms with Crippen LogP contribution in [0.5, 0.6) is 5.75 Å². The van der Waals surface area contributed by atoms with Crippen molar-refractivity contribution in [3.63, 3.8) is 0 Å². The second-order valence-corrected chi connectivity index (χ2v) is 8.33. The zero-order valence-electron chi connectivity index (χ0n) is 20.2. The summed E-state index contributed by atoms with van der Waals surface area (Å²) in [5.41, 5.74) is 3.84. The molecule has 0 amide bonds. The van der Waals surface area contributed by atoms with Crippen molar-refractivity contribution in [1.82, 2.24) is 9.88 Å². The standard InChI is InChI=1S/C27H31N3O3.2ClH/c1-3-30(4-2)21-8-11-25-26(19-21)33-27(28-25)24-7-5-6-20-18-22(9-10-23(20)24)32-17-14-29-12-15-31-16-13-29;;/h5-11,18-19H,3-4,12-17H2,1-2H3;2*1H. The quantitative estimate of drug-likeness (QED) is 0.283. The summed E-state index contributed by atoms with van der Waals surface area (Å²) in [6, 6.07) is 18.7. The average molecular weight is 518 g/mol. The highest BCUT2D eigenvalue weighted by atomic mass is 35.5. The minimum atomic E-state index is 0. The Bertz CT molecular complexity index is 1240. The van der Waals surface area contributed by atoms with Gasteiger partial charge in [0.15, 0.2) is 5.58 Å². The van der Waals surface area contributed by atoms with E-state index in [1.54, 1.807) is 0 Å². The number of aromatic nitrogens is 1. The summed E-state index contributed by atoms with van der Waals surface area (Å²) in [6.45, 7) is 11.4. The van der Waals surface area contributed by atoms with Crippen LogP contribution in [0.3, 0.4) is 0 Å². The number of ether oxygens (including phenoxy) is 2. The van der Waals surface area contributed by atoms with E-state index in [-0.39, 0.29) is 24.8 Å². The number of hydrogen-bond donors (Lipinski definition) is 0. The largest absolute Gasteiger partial charge is 0.492 e. The molecule has 0 aliphatic carbocycles. The lowest BCUT2D eigenvalue weighted by Gasteiger charge is -2.26. The first-order valence-corrected chi connectivity index (χ1v) is 11.9. The van der Waals surface area contributed by atoms with E-state index in [0.717, 1.165) is 84.8 Å². The monoisotopic (exact) mass is 517 g/mol. The summed E-state index contributed by atoms with van der Waals surface area (Å²) in [6.07, 6.45) is 0. The summed E-state index contributed by atoms with van der Waals surface area (Å²) < 4.78 is 17.7. The molecule has 0 saturated carbocycles. The minimum absolute atomic E-state index is 0. The van der Waals surface area contributed by atoms with Crippen LogP contribution in [0, 0.1) is 0 Å². The Labute approximate surface area is 219 Å².